The number of amides is 1. The number of furan rings is 2. The predicted octanol–water partition coefficient (Wildman–Crippen LogP) is 23.1. The number of aliphatic imine (C=N–C) groups is 5. The molecule has 0 bridgehead atoms. The zero-order valence-electron chi connectivity index (χ0n) is 84.8. The summed E-state index contributed by atoms with van der Waals surface area (Å²) in [6, 6.07) is 8.76. The van der Waals surface area contributed by atoms with E-state index in [0.29, 0.717) is 61.0 Å². The van der Waals surface area contributed by atoms with Gasteiger partial charge in [-0.05, 0) is 151 Å². The second kappa shape index (κ2) is 53.3. The summed E-state index contributed by atoms with van der Waals surface area (Å²) in [6.45, 7) is 86.7. The van der Waals surface area contributed by atoms with Crippen molar-refractivity contribution in [1.82, 2.24) is 10.6 Å². The molecule has 1 amide bonds. The highest BCUT2D eigenvalue weighted by atomic mass is 32.2. The second-order valence-electron chi connectivity index (χ2n) is 46.1. The molecule has 714 valence electrons. The summed E-state index contributed by atoms with van der Waals surface area (Å²) in [5, 5.41) is 16.3. The minimum absolute atomic E-state index is 0.000579. The van der Waals surface area contributed by atoms with E-state index in [9.17, 15) is 27.2 Å². The van der Waals surface area contributed by atoms with E-state index in [0.717, 1.165) is 131 Å². The van der Waals surface area contributed by atoms with Crippen LogP contribution in [-0.2, 0) is 69.8 Å². The molecule has 4 atom stereocenters. The van der Waals surface area contributed by atoms with Crippen LogP contribution >= 0.6 is 11.8 Å². The van der Waals surface area contributed by atoms with Gasteiger partial charge in [0.25, 0.3) is 0 Å². The SMILES string of the molecule is C=C(F)C(=O)CC(C)(C)C.CC(C)(C)CC1=NC(C)(C)CO1.CC(C)(C)CC1=NC(C)(C)CS1.CC(C)(C)CC1=NC(C)(CO)CO1.CC(C)(C)NC(=O)OC[C@@H]1COCCN1.CC(C)(C)c1ccc(CCCCS(C)(=O)=O)o1.CC(C)(C)c1ccco1.COCC(=O)CC/C=C/C(C)(C)C.C[C@@H]1COC(CC(C)(C)C)=N1.C[C@H]1COC(CC(C)(C)C)=N1. The maximum absolute atomic E-state index is 12.1. The molecular weight excluding hydrogens is 1600 g/mol. The van der Waals surface area contributed by atoms with Crippen LogP contribution in [0.1, 0.15) is 338 Å². The first-order valence-electron chi connectivity index (χ1n) is 44.2. The molecule has 0 radical (unpaired) electrons. The van der Waals surface area contributed by atoms with E-state index in [2.05, 4.69) is 262 Å². The fourth-order valence-corrected chi connectivity index (χ4v) is 13.0. The number of sulfone groups is 1. The van der Waals surface area contributed by atoms with Gasteiger partial charge in [0, 0.05) is 99.2 Å². The van der Waals surface area contributed by atoms with E-state index in [-0.39, 0.29) is 92.4 Å². The van der Waals surface area contributed by atoms with Crippen LogP contribution in [0.4, 0.5) is 9.18 Å². The Morgan fingerprint density at radius 2 is 1.14 bits per heavy atom. The van der Waals surface area contributed by atoms with Crippen LogP contribution in [0.5, 0.6) is 0 Å². The molecule has 3 N–H and O–H groups in total. The molecule has 6 aliphatic heterocycles. The molecule has 2 aromatic rings. The number of nitrogens with zero attached hydrogens (tertiary/aromatic N) is 5. The molecule has 0 saturated carbocycles. The van der Waals surface area contributed by atoms with Crippen molar-refractivity contribution < 1.29 is 74.3 Å². The molecule has 1 unspecified atom stereocenters. The molecule has 8 rings (SSSR count). The third-order valence-electron chi connectivity index (χ3n) is 16.7. The first kappa shape index (κ1) is 119. The van der Waals surface area contributed by atoms with Gasteiger partial charge in [0.2, 0.25) is 0 Å². The highest BCUT2D eigenvalue weighted by Crippen LogP contribution is 2.35. The van der Waals surface area contributed by atoms with Crippen molar-refractivity contribution in [3.63, 3.8) is 0 Å². The number of carbonyl (C=O) groups excluding carboxylic acids is 3. The van der Waals surface area contributed by atoms with Crippen LogP contribution in [0, 0.1) is 37.9 Å². The summed E-state index contributed by atoms with van der Waals surface area (Å²) in [4.78, 5) is 55.3. The molecule has 0 aromatic carbocycles. The summed E-state index contributed by atoms with van der Waals surface area (Å²) in [6.07, 6.45) is 15.6. The number of methoxy groups -OCH3 is 1. The van der Waals surface area contributed by atoms with Crippen molar-refractivity contribution >= 4 is 67.9 Å². The number of ether oxygens (including phenoxy) is 7. The fraction of sp³-hybridized carbons (Fsp3) is 0.796. The van der Waals surface area contributed by atoms with Gasteiger partial charge in [0.15, 0.2) is 41.0 Å². The number of carbonyl (C=O) groups is 3. The standard InChI is InChI=1S/C13H22O3S.C11H20O2.C10H20N2O3.C10H19NO2.C10H19NO.C10H19NS.2C9H17NO.C8H13FO.C8H12O/c1-13(2,3)12-9-8-11(16-12)7-5-6-10-17(4,14)15;1-11(2,3)8-6-5-7-10(12)9-13-4;1-10(2,3)12-9(13)15-7-8-6-14-5-4-11-8;1-9(2,3)5-8-11-10(4,6-12)7-13-8;2*1-9(2,3)6-8-11-10(4,5)7-12-8;2*1-7-6-11-8(10-7)5-9(2,3)4;1-6(9)7(10)5-8(2,3)4;1-8(2,3)7-5-4-6-9-7/h8-9H,5-7,10H2,1-4H3;6,8H,5,7,9H2,1-4H3;8,11H,4-7H2,1-3H3,(H,12,13);12H,5-7H2,1-4H3;2*6-7H2,1-5H3;2*7H,5-6H2,1-4H3;1,5H2,2-4H3;4-6H,1-3H3/b;8-6+;;;;;;;;/t;;8-;;;;2*7-;;/m..0...10../s1. The lowest BCUT2D eigenvalue weighted by molar-refractivity contribution is -0.122. The van der Waals surface area contributed by atoms with Crippen molar-refractivity contribution in [2.24, 2.45) is 62.9 Å². The van der Waals surface area contributed by atoms with Crippen molar-refractivity contribution in [1.29, 1.82) is 0 Å². The highest BCUT2D eigenvalue weighted by Gasteiger charge is 2.34. The summed E-state index contributed by atoms with van der Waals surface area (Å²) in [5.41, 5.74) is 1.22. The summed E-state index contributed by atoms with van der Waals surface area (Å²) < 4.78 is 81.7. The van der Waals surface area contributed by atoms with Gasteiger partial charge in [-0.3, -0.25) is 14.6 Å². The van der Waals surface area contributed by atoms with Crippen LogP contribution < -0.4 is 10.6 Å². The summed E-state index contributed by atoms with van der Waals surface area (Å²) in [5.74, 6) is 6.80. The fourth-order valence-electron chi connectivity index (χ4n) is 10.8. The van der Waals surface area contributed by atoms with E-state index < -0.39 is 27.0 Å². The first-order valence-corrected chi connectivity index (χ1v) is 47.2. The van der Waals surface area contributed by atoms with Crippen LogP contribution in [-0.4, -0.2) is 191 Å². The molecule has 123 heavy (non-hydrogen) atoms. The third-order valence-corrected chi connectivity index (χ3v) is 19.1. The van der Waals surface area contributed by atoms with Crippen molar-refractivity contribution in [3.05, 3.63) is 72.4 Å². The monoisotopic (exact) mass is 1780 g/mol. The largest absolute Gasteiger partial charge is 0.479 e. The molecule has 0 spiro atoms. The number of allylic oxidation sites excluding steroid dienone is 3. The van der Waals surface area contributed by atoms with Crippen LogP contribution in [0.25, 0.3) is 0 Å². The van der Waals surface area contributed by atoms with Crippen molar-refractivity contribution in [2.75, 3.05) is 90.9 Å². The van der Waals surface area contributed by atoms with E-state index in [1.807, 2.05) is 84.5 Å². The number of aryl methyl sites for hydroxylation is 1. The number of hydrogen-bond donors (Lipinski definition) is 3. The number of halogens is 1. The first-order chi connectivity index (χ1) is 55.4. The molecule has 8 heterocycles. The molecule has 1 saturated heterocycles. The van der Waals surface area contributed by atoms with Crippen molar-refractivity contribution in [2.45, 2.75) is 378 Å². The quantitative estimate of drug-likeness (QED) is 0.0631. The zero-order valence-corrected chi connectivity index (χ0v) is 86.5. The normalized spacial score (nSPS) is 19.4. The molecule has 25 heteroatoms. The second-order valence-corrected chi connectivity index (χ2v) is 49.4. The average Bonchev–Trinajstić information content (AvgIpc) is 1.71. The van der Waals surface area contributed by atoms with E-state index >= 15 is 0 Å². The maximum Gasteiger partial charge on any atom is 0.407 e. The molecule has 22 nitrogen and oxygen atoms in total. The summed E-state index contributed by atoms with van der Waals surface area (Å²) in [7, 11) is -1.28. The number of aliphatic hydroxyl groups is 1. The lowest BCUT2D eigenvalue weighted by atomic mass is 9.90. The van der Waals surface area contributed by atoms with Gasteiger partial charge in [0.05, 0.1) is 60.3 Å². The molecule has 1 fully saturated rings. The van der Waals surface area contributed by atoms with Gasteiger partial charge in [-0.15, -0.1) is 11.8 Å². The van der Waals surface area contributed by atoms with Crippen LogP contribution in [0.3, 0.4) is 0 Å². The number of unbranched alkanes of at least 4 members (excludes halogenated alkanes) is 1. The highest BCUT2D eigenvalue weighted by molar-refractivity contribution is 8.14. The minimum Gasteiger partial charge on any atom is -0.479 e. The third kappa shape index (κ3) is 70.0. The Morgan fingerprint density at radius 1 is 0.642 bits per heavy atom. The number of thioether (sulfide) groups is 1. The number of ketones is 2. The Labute approximate surface area is 752 Å². The zero-order chi connectivity index (χ0) is 95.9. The van der Waals surface area contributed by atoms with E-state index in [4.69, 9.17) is 47.1 Å². The number of alkyl carbamates (subject to hydrolysis) is 1. The number of nitrogens with one attached hydrogen (secondary N) is 2. The Kier molecular flexibility index (Phi) is 51.7. The summed E-state index contributed by atoms with van der Waals surface area (Å²) >= 11 is 1.93. The minimum atomic E-state index is -2.83. The lowest BCUT2D eigenvalue weighted by Crippen LogP contribution is -2.47. The Hall–Kier alpha value is -5.73. The van der Waals surface area contributed by atoms with E-state index in [1.165, 1.54) is 11.3 Å². The van der Waals surface area contributed by atoms with Crippen LogP contribution in [0.2, 0.25) is 0 Å². The molecule has 6 aliphatic rings. The maximum atomic E-state index is 12.1. The topological polar surface area (TPSA) is 282 Å². The Balaban J connectivity index is 0. The number of rotatable bonds is 20. The average molecular weight is 1780 g/mol. The number of Topliss-reactive ketones (excluding diaryl/α,β-unsaturated/α-hetero) is 2. The van der Waals surface area contributed by atoms with E-state index in [1.54, 1.807) is 13.4 Å². The Morgan fingerprint density at radius 3 is 1.47 bits per heavy atom. The van der Waals surface area contributed by atoms with Gasteiger partial charge in [-0.1, -0.05) is 206 Å². The molecular formula is C98H178FN7O15S2. The molecule has 0 aliphatic carbocycles. The van der Waals surface area contributed by atoms with Crippen LogP contribution in [0.15, 0.2) is 88.9 Å². The van der Waals surface area contributed by atoms with Gasteiger partial charge in [-0.25, -0.2) is 37.6 Å². The smallest absolute Gasteiger partial charge is 0.407 e. The predicted molar refractivity (Wildman–Crippen MR) is 515 cm³/mol. The number of hydrogen-bond acceptors (Lipinski definition) is 22. The van der Waals surface area contributed by atoms with Gasteiger partial charge < -0.3 is 57.7 Å². The molecule has 2 aromatic heterocycles. The Bertz CT molecular complexity index is 3600. The van der Waals surface area contributed by atoms with Gasteiger partial charge in [-0.2, -0.15) is 0 Å². The number of aliphatic hydroxyl groups excluding tert-OH is 1. The lowest BCUT2D eigenvalue weighted by Gasteiger charge is -2.25. The van der Waals surface area contributed by atoms with Gasteiger partial charge >= 0.3 is 6.09 Å². The number of morpholine rings is 1. The van der Waals surface area contributed by atoms with Crippen molar-refractivity contribution in [3.8, 4) is 0 Å². The van der Waals surface area contributed by atoms with Gasteiger partial charge in [0.1, 0.15) is 72.3 Å².